The summed E-state index contributed by atoms with van der Waals surface area (Å²) in [6.07, 6.45) is 1.43. The van der Waals surface area contributed by atoms with Gasteiger partial charge in [-0.1, -0.05) is 17.7 Å². The molecular weight excluding hydrogens is 254 g/mol. The van der Waals surface area contributed by atoms with Gasteiger partial charge >= 0.3 is 0 Å². The molecule has 1 N–H and O–H groups in total. The molecule has 0 aliphatic rings. The predicted octanol–water partition coefficient (Wildman–Crippen LogP) is 2.72. The van der Waals surface area contributed by atoms with Gasteiger partial charge in [0.05, 0.1) is 26.3 Å². The standard InChI is InChI=1S/C15H19N3O2/c1-10-5-6-13(11(2)7-10)16-8-12-14(19-3)17-9-18-15(12)20-4/h5-7,9,16H,8H2,1-4H3. The lowest BCUT2D eigenvalue weighted by Gasteiger charge is -2.14. The Labute approximate surface area is 119 Å². The van der Waals surface area contributed by atoms with Gasteiger partial charge < -0.3 is 14.8 Å². The third-order valence-corrected chi connectivity index (χ3v) is 3.09. The Morgan fingerprint density at radius 2 is 1.70 bits per heavy atom. The first-order valence-electron chi connectivity index (χ1n) is 6.38. The summed E-state index contributed by atoms with van der Waals surface area (Å²) < 4.78 is 10.5. The maximum Gasteiger partial charge on any atom is 0.225 e. The van der Waals surface area contributed by atoms with Crippen molar-refractivity contribution in [3.63, 3.8) is 0 Å². The fourth-order valence-corrected chi connectivity index (χ4v) is 2.08. The summed E-state index contributed by atoms with van der Waals surface area (Å²) in [5.41, 5.74) is 4.31. The quantitative estimate of drug-likeness (QED) is 0.907. The van der Waals surface area contributed by atoms with Crippen LogP contribution in [0.2, 0.25) is 0 Å². The second-order valence-corrected chi connectivity index (χ2v) is 4.54. The van der Waals surface area contributed by atoms with Crippen molar-refractivity contribution in [1.29, 1.82) is 0 Å². The smallest absolute Gasteiger partial charge is 0.225 e. The topological polar surface area (TPSA) is 56.3 Å². The number of nitrogens with zero attached hydrogens (tertiary/aromatic N) is 2. The third-order valence-electron chi connectivity index (χ3n) is 3.09. The van der Waals surface area contributed by atoms with E-state index in [1.807, 2.05) is 0 Å². The van der Waals surface area contributed by atoms with E-state index in [9.17, 15) is 0 Å². The largest absolute Gasteiger partial charge is 0.481 e. The number of rotatable bonds is 5. The normalized spacial score (nSPS) is 10.2. The zero-order chi connectivity index (χ0) is 14.5. The van der Waals surface area contributed by atoms with Gasteiger partial charge in [-0.05, 0) is 25.5 Å². The molecule has 1 heterocycles. The van der Waals surface area contributed by atoms with Gasteiger partial charge in [-0.25, -0.2) is 9.97 Å². The molecule has 0 atom stereocenters. The Morgan fingerprint density at radius 1 is 1.05 bits per heavy atom. The second kappa shape index (κ2) is 6.23. The Morgan fingerprint density at radius 3 is 2.25 bits per heavy atom. The molecule has 5 nitrogen and oxygen atoms in total. The number of hydrogen-bond acceptors (Lipinski definition) is 5. The van der Waals surface area contributed by atoms with Gasteiger partial charge in [0.1, 0.15) is 6.33 Å². The highest BCUT2D eigenvalue weighted by Gasteiger charge is 2.12. The van der Waals surface area contributed by atoms with Gasteiger partial charge in [0.15, 0.2) is 0 Å². The lowest BCUT2D eigenvalue weighted by Crippen LogP contribution is -2.07. The number of benzene rings is 1. The molecule has 1 aromatic heterocycles. The van der Waals surface area contributed by atoms with Crippen LogP contribution in [-0.4, -0.2) is 24.2 Å². The zero-order valence-corrected chi connectivity index (χ0v) is 12.2. The molecule has 20 heavy (non-hydrogen) atoms. The van der Waals surface area contributed by atoms with E-state index in [1.165, 1.54) is 17.5 Å². The monoisotopic (exact) mass is 273 g/mol. The summed E-state index contributed by atoms with van der Waals surface area (Å²) in [6.45, 7) is 4.69. The van der Waals surface area contributed by atoms with Crippen molar-refractivity contribution in [1.82, 2.24) is 9.97 Å². The molecule has 0 amide bonds. The number of methoxy groups -OCH3 is 2. The van der Waals surface area contributed by atoms with E-state index in [2.05, 4.69) is 47.3 Å². The molecule has 106 valence electrons. The van der Waals surface area contributed by atoms with E-state index in [0.717, 1.165) is 11.3 Å². The van der Waals surface area contributed by atoms with Crippen LogP contribution in [-0.2, 0) is 6.54 Å². The molecule has 0 aliphatic heterocycles. The average Bonchev–Trinajstić information content (AvgIpc) is 2.46. The molecule has 5 heteroatoms. The van der Waals surface area contributed by atoms with Crippen LogP contribution >= 0.6 is 0 Å². The van der Waals surface area contributed by atoms with E-state index >= 15 is 0 Å². The Balaban J connectivity index is 2.22. The molecule has 0 bridgehead atoms. The number of nitrogens with one attached hydrogen (secondary N) is 1. The summed E-state index contributed by atoms with van der Waals surface area (Å²) >= 11 is 0. The van der Waals surface area contributed by atoms with Gasteiger partial charge in [-0.15, -0.1) is 0 Å². The van der Waals surface area contributed by atoms with Crippen LogP contribution in [0.4, 0.5) is 5.69 Å². The molecule has 0 saturated heterocycles. The van der Waals surface area contributed by atoms with Gasteiger partial charge in [-0.2, -0.15) is 0 Å². The first kappa shape index (κ1) is 14.1. The fourth-order valence-electron chi connectivity index (χ4n) is 2.08. The number of aryl methyl sites for hydroxylation is 2. The summed E-state index contributed by atoms with van der Waals surface area (Å²) in [5, 5.41) is 3.37. The van der Waals surface area contributed by atoms with Crippen LogP contribution < -0.4 is 14.8 Å². The van der Waals surface area contributed by atoms with Gasteiger partial charge in [0.2, 0.25) is 11.8 Å². The first-order chi connectivity index (χ1) is 9.65. The second-order valence-electron chi connectivity index (χ2n) is 4.54. The molecule has 0 unspecified atom stereocenters. The molecule has 0 radical (unpaired) electrons. The van der Waals surface area contributed by atoms with Crippen LogP contribution in [0.3, 0.4) is 0 Å². The summed E-state index contributed by atoms with van der Waals surface area (Å²) in [6, 6.07) is 6.27. The molecule has 0 fully saturated rings. The molecule has 1 aromatic carbocycles. The average molecular weight is 273 g/mol. The van der Waals surface area contributed by atoms with Crippen molar-refractivity contribution in [3.05, 3.63) is 41.2 Å². The number of ether oxygens (including phenoxy) is 2. The van der Waals surface area contributed by atoms with Crippen LogP contribution in [0, 0.1) is 13.8 Å². The summed E-state index contributed by atoms with van der Waals surface area (Å²) in [5.74, 6) is 1.04. The molecule has 2 rings (SSSR count). The molecule has 0 aliphatic carbocycles. The van der Waals surface area contributed by atoms with Crippen molar-refractivity contribution in [3.8, 4) is 11.8 Å². The SMILES string of the molecule is COc1ncnc(OC)c1CNc1ccc(C)cc1C. The van der Waals surface area contributed by atoms with Gasteiger partial charge in [0.25, 0.3) is 0 Å². The molecule has 2 aromatic rings. The molecule has 0 saturated carbocycles. The minimum atomic E-state index is 0.522. The van der Waals surface area contributed by atoms with Crippen LogP contribution in [0.1, 0.15) is 16.7 Å². The molecule has 0 spiro atoms. The minimum Gasteiger partial charge on any atom is -0.481 e. The van der Waals surface area contributed by atoms with Crippen molar-refractivity contribution >= 4 is 5.69 Å². The minimum absolute atomic E-state index is 0.522. The maximum absolute atomic E-state index is 5.25. The predicted molar refractivity (Wildman–Crippen MR) is 78.4 cm³/mol. The summed E-state index contributed by atoms with van der Waals surface area (Å²) in [4.78, 5) is 8.20. The van der Waals surface area contributed by atoms with Crippen molar-refractivity contribution < 1.29 is 9.47 Å². The van der Waals surface area contributed by atoms with E-state index in [-0.39, 0.29) is 0 Å². The third kappa shape index (κ3) is 2.99. The van der Waals surface area contributed by atoms with Crippen LogP contribution in [0.5, 0.6) is 11.8 Å². The Kier molecular flexibility index (Phi) is 4.40. The number of aromatic nitrogens is 2. The van der Waals surface area contributed by atoms with E-state index in [1.54, 1.807) is 14.2 Å². The highest BCUT2D eigenvalue weighted by atomic mass is 16.5. The van der Waals surface area contributed by atoms with Crippen molar-refractivity contribution in [2.24, 2.45) is 0 Å². The maximum atomic E-state index is 5.25. The lowest BCUT2D eigenvalue weighted by atomic mass is 10.1. The summed E-state index contributed by atoms with van der Waals surface area (Å²) in [7, 11) is 3.17. The molecular formula is C15H19N3O2. The van der Waals surface area contributed by atoms with Crippen molar-refractivity contribution in [2.45, 2.75) is 20.4 Å². The lowest BCUT2D eigenvalue weighted by molar-refractivity contribution is 0.363. The fraction of sp³-hybridized carbons (Fsp3) is 0.333. The first-order valence-corrected chi connectivity index (χ1v) is 6.38. The van der Waals surface area contributed by atoms with Crippen LogP contribution in [0.25, 0.3) is 0 Å². The van der Waals surface area contributed by atoms with E-state index < -0.39 is 0 Å². The number of hydrogen-bond donors (Lipinski definition) is 1. The van der Waals surface area contributed by atoms with Gasteiger partial charge in [-0.3, -0.25) is 0 Å². The van der Waals surface area contributed by atoms with E-state index in [4.69, 9.17) is 9.47 Å². The highest BCUT2D eigenvalue weighted by Crippen LogP contribution is 2.25. The highest BCUT2D eigenvalue weighted by molar-refractivity contribution is 5.53. The Bertz CT molecular complexity index is 577. The van der Waals surface area contributed by atoms with E-state index in [0.29, 0.717) is 18.3 Å². The van der Waals surface area contributed by atoms with Gasteiger partial charge in [0, 0.05) is 5.69 Å². The Hall–Kier alpha value is -2.30. The zero-order valence-electron chi connectivity index (χ0n) is 12.2. The number of anilines is 1. The van der Waals surface area contributed by atoms with Crippen molar-refractivity contribution in [2.75, 3.05) is 19.5 Å². The van der Waals surface area contributed by atoms with Crippen LogP contribution in [0.15, 0.2) is 24.5 Å².